The molecule has 0 aliphatic rings. The Labute approximate surface area is 140 Å². The first-order chi connectivity index (χ1) is 10.7. The van der Waals surface area contributed by atoms with Gasteiger partial charge in [0.25, 0.3) is 0 Å². The summed E-state index contributed by atoms with van der Waals surface area (Å²) >= 11 is 0. The van der Waals surface area contributed by atoms with Crippen molar-refractivity contribution >= 4 is 11.8 Å². The number of carbonyl (C=O) groups excluding carboxylic acids is 2. The largest absolute Gasteiger partial charge is 0.350 e. The summed E-state index contributed by atoms with van der Waals surface area (Å²) in [5, 5.41) is 2.96. The van der Waals surface area contributed by atoms with Crippen molar-refractivity contribution in [3.05, 3.63) is 35.9 Å². The molecule has 1 atom stereocenters. The van der Waals surface area contributed by atoms with E-state index in [4.69, 9.17) is 0 Å². The van der Waals surface area contributed by atoms with Crippen LogP contribution in [0.3, 0.4) is 0 Å². The van der Waals surface area contributed by atoms with Crippen LogP contribution in [0.2, 0.25) is 0 Å². The maximum absolute atomic E-state index is 12.4. The molecule has 1 rings (SSSR count). The van der Waals surface area contributed by atoms with Crippen LogP contribution in [0.15, 0.2) is 30.3 Å². The fraction of sp³-hybridized carbons (Fsp3) is 0.579. The first-order valence-corrected chi connectivity index (χ1v) is 8.40. The van der Waals surface area contributed by atoms with Crippen molar-refractivity contribution in [1.82, 2.24) is 10.2 Å². The Kier molecular flexibility index (Phi) is 7.27. The van der Waals surface area contributed by atoms with Crippen molar-refractivity contribution in [1.29, 1.82) is 0 Å². The second kappa shape index (κ2) is 8.70. The van der Waals surface area contributed by atoms with Gasteiger partial charge in [0.05, 0.1) is 0 Å². The molecule has 0 saturated heterocycles. The molecule has 0 radical (unpaired) electrons. The molecule has 0 fully saturated rings. The number of hydrogen-bond donors (Lipinski definition) is 1. The van der Waals surface area contributed by atoms with Gasteiger partial charge >= 0.3 is 0 Å². The highest BCUT2D eigenvalue weighted by atomic mass is 16.2. The summed E-state index contributed by atoms with van der Waals surface area (Å²) < 4.78 is 0. The lowest BCUT2D eigenvalue weighted by Gasteiger charge is -2.31. The van der Waals surface area contributed by atoms with Crippen LogP contribution in [0.4, 0.5) is 0 Å². The third kappa shape index (κ3) is 6.85. The molecule has 1 unspecified atom stereocenters. The first kappa shape index (κ1) is 19.2. The first-order valence-electron chi connectivity index (χ1n) is 8.40. The molecule has 0 aliphatic carbocycles. The maximum Gasteiger partial charge on any atom is 0.242 e. The molecule has 0 heterocycles. The third-order valence-electron chi connectivity index (χ3n) is 3.61. The molecule has 1 N–H and O–H groups in total. The van der Waals surface area contributed by atoms with Gasteiger partial charge in [-0.2, -0.15) is 0 Å². The SMILES string of the molecule is CCCC(=O)N(CCc1ccccc1)C(C)C(=O)NC(C)(C)C. The van der Waals surface area contributed by atoms with Crippen LogP contribution in [-0.4, -0.2) is 34.8 Å². The number of benzene rings is 1. The van der Waals surface area contributed by atoms with E-state index in [1.165, 1.54) is 5.56 Å². The van der Waals surface area contributed by atoms with Crippen LogP contribution in [0, 0.1) is 0 Å². The molecule has 0 aliphatic heterocycles. The fourth-order valence-electron chi connectivity index (χ4n) is 2.40. The predicted octanol–water partition coefficient (Wildman–Crippen LogP) is 3.16. The molecule has 4 nitrogen and oxygen atoms in total. The molecule has 0 aromatic heterocycles. The van der Waals surface area contributed by atoms with Crippen LogP contribution in [-0.2, 0) is 16.0 Å². The Balaban J connectivity index is 2.78. The molecule has 23 heavy (non-hydrogen) atoms. The van der Waals surface area contributed by atoms with E-state index in [-0.39, 0.29) is 17.4 Å². The normalized spacial score (nSPS) is 12.6. The number of nitrogens with one attached hydrogen (secondary N) is 1. The maximum atomic E-state index is 12.4. The zero-order valence-corrected chi connectivity index (χ0v) is 15.1. The number of rotatable bonds is 7. The minimum absolute atomic E-state index is 0.0417. The van der Waals surface area contributed by atoms with Gasteiger partial charge in [0.2, 0.25) is 11.8 Å². The lowest BCUT2D eigenvalue weighted by atomic mass is 10.1. The summed E-state index contributed by atoms with van der Waals surface area (Å²) in [5.41, 5.74) is 0.870. The monoisotopic (exact) mass is 318 g/mol. The minimum Gasteiger partial charge on any atom is -0.350 e. The van der Waals surface area contributed by atoms with Crippen molar-refractivity contribution in [2.45, 2.75) is 65.5 Å². The number of amides is 2. The quantitative estimate of drug-likeness (QED) is 0.839. The molecule has 0 spiro atoms. The van der Waals surface area contributed by atoms with Crippen LogP contribution < -0.4 is 5.32 Å². The minimum atomic E-state index is -0.461. The average molecular weight is 318 g/mol. The second-order valence-corrected chi connectivity index (χ2v) is 6.99. The molecular formula is C19H30N2O2. The summed E-state index contributed by atoms with van der Waals surface area (Å²) in [6, 6.07) is 9.58. The molecule has 2 amide bonds. The van der Waals surface area contributed by atoms with Gasteiger partial charge in [-0.05, 0) is 46.1 Å². The van der Waals surface area contributed by atoms with Gasteiger partial charge in [-0.25, -0.2) is 0 Å². The summed E-state index contributed by atoms with van der Waals surface area (Å²) in [4.78, 5) is 26.5. The molecule has 0 bridgehead atoms. The summed E-state index contributed by atoms with van der Waals surface area (Å²) in [5.74, 6) is -0.0602. The predicted molar refractivity (Wildman–Crippen MR) is 94.1 cm³/mol. The highest BCUT2D eigenvalue weighted by molar-refractivity contribution is 5.87. The van der Waals surface area contributed by atoms with Gasteiger partial charge in [-0.3, -0.25) is 9.59 Å². The van der Waals surface area contributed by atoms with Crippen molar-refractivity contribution in [2.24, 2.45) is 0 Å². The van der Waals surface area contributed by atoms with E-state index in [1.54, 1.807) is 11.8 Å². The van der Waals surface area contributed by atoms with Crippen molar-refractivity contribution in [3.63, 3.8) is 0 Å². The second-order valence-electron chi connectivity index (χ2n) is 6.99. The van der Waals surface area contributed by atoms with Gasteiger partial charge in [0.15, 0.2) is 0 Å². The van der Waals surface area contributed by atoms with Gasteiger partial charge in [-0.1, -0.05) is 37.3 Å². The Morgan fingerprint density at radius 1 is 1.17 bits per heavy atom. The van der Waals surface area contributed by atoms with Gasteiger partial charge in [0, 0.05) is 18.5 Å². The smallest absolute Gasteiger partial charge is 0.242 e. The molecule has 0 saturated carbocycles. The van der Waals surface area contributed by atoms with Crippen molar-refractivity contribution in [3.8, 4) is 0 Å². The van der Waals surface area contributed by atoms with E-state index in [1.807, 2.05) is 58.0 Å². The lowest BCUT2D eigenvalue weighted by Crippen LogP contribution is -2.53. The van der Waals surface area contributed by atoms with E-state index in [9.17, 15) is 9.59 Å². The molecule has 1 aromatic rings. The average Bonchev–Trinajstić information content (AvgIpc) is 2.47. The Morgan fingerprint density at radius 3 is 2.30 bits per heavy atom. The summed E-state index contributed by atoms with van der Waals surface area (Å²) in [7, 11) is 0. The van der Waals surface area contributed by atoms with Crippen LogP contribution in [0.1, 0.15) is 53.0 Å². The van der Waals surface area contributed by atoms with Crippen molar-refractivity contribution < 1.29 is 9.59 Å². The number of nitrogens with zero attached hydrogens (tertiary/aromatic N) is 1. The Hall–Kier alpha value is -1.84. The zero-order chi connectivity index (χ0) is 17.5. The number of carbonyl (C=O) groups is 2. The van der Waals surface area contributed by atoms with E-state index in [2.05, 4.69) is 5.32 Å². The van der Waals surface area contributed by atoms with E-state index >= 15 is 0 Å². The summed E-state index contributed by atoms with van der Waals surface area (Å²) in [6.07, 6.45) is 2.01. The van der Waals surface area contributed by atoms with E-state index in [0.29, 0.717) is 13.0 Å². The van der Waals surface area contributed by atoms with Gasteiger partial charge in [0.1, 0.15) is 6.04 Å². The number of hydrogen-bond acceptors (Lipinski definition) is 2. The van der Waals surface area contributed by atoms with E-state index in [0.717, 1.165) is 12.8 Å². The Morgan fingerprint density at radius 2 is 1.78 bits per heavy atom. The van der Waals surface area contributed by atoms with E-state index < -0.39 is 6.04 Å². The Bertz CT molecular complexity index is 506. The topological polar surface area (TPSA) is 49.4 Å². The highest BCUT2D eigenvalue weighted by Gasteiger charge is 2.27. The van der Waals surface area contributed by atoms with Crippen molar-refractivity contribution in [2.75, 3.05) is 6.54 Å². The van der Waals surface area contributed by atoms with Crippen LogP contribution in [0.5, 0.6) is 0 Å². The fourth-order valence-corrected chi connectivity index (χ4v) is 2.40. The van der Waals surface area contributed by atoms with Crippen LogP contribution in [0.25, 0.3) is 0 Å². The third-order valence-corrected chi connectivity index (χ3v) is 3.61. The van der Waals surface area contributed by atoms with Crippen LogP contribution >= 0.6 is 0 Å². The molecule has 4 heteroatoms. The lowest BCUT2D eigenvalue weighted by molar-refractivity contribution is -0.140. The molecule has 128 valence electrons. The zero-order valence-electron chi connectivity index (χ0n) is 15.1. The summed E-state index contributed by atoms with van der Waals surface area (Å²) in [6.45, 7) is 10.2. The standard InChI is InChI=1S/C19H30N2O2/c1-6-10-17(22)21(14-13-16-11-8-7-9-12-16)15(2)18(23)20-19(3,4)5/h7-9,11-12,15H,6,10,13-14H2,1-5H3,(H,20,23). The van der Waals surface area contributed by atoms with Gasteiger partial charge < -0.3 is 10.2 Å². The molecule has 1 aromatic carbocycles. The van der Waals surface area contributed by atoms with Gasteiger partial charge in [-0.15, -0.1) is 0 Å². The highest BCUT2D eigenvalue weighted by Crippen LogP contribution is 2.10. The molecular weight excluding hydrogens is 288 g/mol.